The van der Waals surface area contributed by atoms with Crippen LogP contribution < -0.4 is 0 Å². The van der Waals surface area contributed by atoms with Crippen molar-refractivity contribution in [2.45, 2.75) is 119 Å². The summed E-state index contributed by atoms with van der Waals surface area (Å²) in [6.07, 6.45) is 9.89. The van der Waals surface area contributed by atoms with Crippen LogP contribution in [0, 0.1) is 34.5 Å². The first-order valence-corrected chi connectivity index (χ1v) is 17.2. The molecule has 1 amide bonds. The second-order valence-corrected chi connectivity index (χ2v) is 13.6. The molecular formula is C35H63NO5S. The lowest BCUT2D eigenvalue weighted by Gasteiger charge is -2.58. The Balaban J connectivity index is 0.000000784. The van der Waals surface area contributed by atoms with Crippen LogP contribution in [0.5, 0.6) is 0 Å². The smallest absolute Gasteiger partial charge is 0.220 e. The first-order chi connectivity index (χ1) is 19.8. The molecule has 0 aromatic rings. The highest BCUT2D eigenvalue weighted by Gasteiger charge is 2.61. The predicted octanol–water partition coefficient (Wildman–Crippen LogP) is 7.96. The average Bonchev–Trinajstić information content (AvgIpc) is 3.51. The minimum atomic E-state index is -0.400. The molecule has 7 unspecified atom stereocenters. The second-order valence-electron chi connectivity index (χ2n) is 11.9. The van der Waals surface area contributed by atoms with Crippen molar-refractivity contribution in [3.05, 3.63) is 36.1 Å². The Kier molecular flexibility index (Phi) is 17.0. The van der Waals surface area contributed by atoms with Crippen LogP contribution in [0.2, 0.25) is 0 Å². The number of hydrogen-bond donors (Lipinski definition) is 3. The molecule has 3 saturated carbocycles. The number of amides is 1. The minimum absolute atomic E-state index is 0.0336. The van der Waals surface area contributed by atoms with Gasteiger partial charge in [-0.2, -0.15) is 0 Å². The fourth-order valence-corrected chi connectivity index (χ4v) is 9.29. The highest BCUT2D eigenvalue weighted by Crippen LogP contribution is 2.66. The van der Waals surface area contributed by atoms with Crippen LogP contribution in [-0.4, -0.2) is 62.3 Å². The predicted molar refractivity (Wildman–Crippen MR) is 179 cm³/mol. The van der Waals surface area contributed by atoms with E-state index in [2.05, 4.69) is 34.3 Å². The molecule has 0 aromatic carbocycles. The Bertz CT molecular complexity index is 944. The number of rotatable bonds is 1. The summed E-state index contributed by atoms with van der Waals surface area (Å²) in [5.74, 6) is 2.87. The molecule has 0 aromatic heterocycles. The van der Waals surface area contributed by atoms with Crippen molar-refractivity contribution >= 4 is 23.5 Å². The molecule has 0 bridgehead atoms. The van der Waals surface area contributed by atoms with Gasteiger partial charge in [-0.25, -0.2) is 0 Å². The Morgan fingerprint density at radius 1 is 1.02 bits per heavy atom. The van der Waals surface area contributed by atoms with E-state index in [9.17, 15) is 19.8 Å². The van der Waals surface area contributed by atoms with E-state index < -0.39 is 6.10 Å². The number of hydrogen-bond acceptors (Lipinski definition) is 6. The van der Waals surface area contributed by atoms with E-state index >= 15 is 0 Å². The number of ketones is 1. The lowest BCUT2D eigenvalue weighted by molar-refractivity contribution is -0.130. The summed E-state index contributed by atoms with van der Waals surface area (Å²) in [5, 5.41) is 28.2. The van der Waals surface area contributed by atoms with Crippen LogP contribution in [0.1, 0.15) is 108 Å². The number of aliphatic hydroxyl groups is 3. The van der Waals surface area contributed by atoms with Gasteiger partial charge in [0.1, 0.15) is 0 Å². The minimum Gasteiger partial charge on any atom is -0.513 e. The molecular weight excluding hydrogens is 546 g/mol. The molecule has 7 heteroatoms. The third kappa shape index (κ3) is 8.32. The van der Waals surface area contributed by atoms with Crippen molar-refractivity contribution in [1.82, 2.24) is 4.90 Å². The van der Waals surface area contributed by atoms with Gasteiger partial charge in [0.05, 0.1) is 16.7 Å². The van der Waals surface area contributed by atoms with E-state index in [1.807, 2.05) is 64.3 Å². The number of carbonyl (C=O) groups is 2. The van der Waals surface area contributed by atoms with Gasteiger partial charge in [-0.15, -0.1) is 11.8 Å². The monoisotopic (exact) mass is 609 g/mol. The van der Waals surface area contributed by atoms with E-state index in [0.717, 1.165) is 45.1 Å². The number of nitrogens with zero attached hydrogens (tertiary/aromatic N) is 1. The average molecular weight is 610 g/mol. The molecule has 244 valence electrons. The summed E-state index contributed by atoms with van der Waals surface area (Å²) in [5.41, 5.74) is 0.935. The molecule has 1 aliphatic heterocycles. The van der Waals surface area contributed by atoms with Crippen LogP contribution in [0.4, 0.5) is 0 Å². The maximum atomic E-state index is 11.8. The summed E-state index contributed by atoms with van der Waals surface area (Å²) in [6.45, 7) is 27.0. The maximum Gasteiger partial charge on any atom is 0.220 e. The van der Waals surface area contributed by atoms with Crippen LogP contribution >= 0.6 is 11.8 Å². The Labute approximate surface area is 262 Å². The zero-order chi connectivity index (χ0) is 33.1. The first-order valence-electron chi connectivity index (χ1n) is 16.2. The second kappa shape index (κ2) is 17.7. The summed E-state index contributed by atoms with van der Waals surface area (Å²) in [7, 11) is 1.00. The summed E-state index contributed by atoms with van der Waals surface area (Å²) in [6, 6.07) is 0. The zero-order valence-electron chi connectivity index (χ0n) is 28.8. The Morgan fingerprint density at radius 2 is 1.60 bits per heavy atom. The van der Waals surface area contributed by atoms with Crippen LogP contribution in [0.3, 0.4) is 0 Å². The van der Waals surface area contributed by atoms with Gasteiger partial charge in [-0.05, 0) is 75.4 Å². The molecule has 1 heterocycles. The topological polar surface area (TPSA) is 98.1 Å². The third-order valence-electron chi connectivity index (χ3n) is 9.70. The van der Waals surface area contributed by atoms with Crippen molar-refractivity contribution in [1.29, 1.82) is 0 Å². The van der Waals surface area contributed by atoms with Gasteiger partial charge in [-0.3, -0.25) is 9.59 Å². The molecule has 1 saturated heterocycles. The lowest BCUT2D eigenvalue weighted by atomic mass is 9.47. The highest BCUT2D eigenvalue weighted by atomic mass is 32.2. The van der Waals surface area contributed by atoms with Crippen molar-refractivity contribution < 1.29 is 24.9 Å². The number of carbonyl (C=O) groups excluding carboxylic acids is 2. The van der Waals surface area contributed by atoms with Crippen LogP contribution in [-0.2, 0) is 9.59 Å². The van der Waals surface area contributed by atoms with E-state index in [-0.39, 0.29) is 45.0 Å². The maximum absolute atomic E-state index is 11.8. The van der Waals surface area contributed by atoms with Gasteiger partial charge in [0, 0.05) is 43.6 Å². The summed E-state index contributed by atoms with van der Waals surface area (Å²) >= 11 is 1.84. The van der Waals surface area contributed by atoms with E-state index in [4.69, 9.17) is 5.11 Å². The normalized spacial score (nSPS) is 34.6. The van der Waals surface area contributed by atoms with E-state index in [0.29, 0.717) is 18.3 Å². The summed E-state index contributed by atoms with van der Waals surface area (Å²) in [4.78, 5) is 24.7. The van der Waals surface area contributed by atoms with Gasteiger partial charge in [0.2, 0.25) is 5.91 Å². The molecule has 6 nitrogen and oxygen atoms in total. The van der Waals surface area contributed by atoms with Crippen LogP contribution in [0.15, 0.2) is 36.1 Å². The number of allylic oxidation sites excluding steroid dienone is 5. The molecule has 4 fully saturated rings. The largest absolute Gasteiger partial charge is 0.513 e. The standard InChI is InChI=1S/C21H28O3.C7H13NOS.3C2H6.CH4O/c1-12(22)16-6-7-17-15-5-4-13-10-14(23)8-9-20(13,2)19(15)18(24)11-21(16,17)3;1-6(9)8-4-5-10-7(8,2)3;4*1-2/h8-10,15-19,22,24H,1,4-7,11H2,2-3H3;4-5H2,1-3H3;3*1-2H3;2H,1H3. The van der Waals surface area contributed by atoms with Gasteiger partial charge < -0.3 is 20.2 Å². The molecule has 5 rings (SSSR count). The zero-order valence-corrected chi connectivity index (χ0v) is 29.6. The third-order valence-corrected chi connectivity index (χ3v) is 11.0. The first kappa shape index (κ1) is 40.4. The summed E-state index contributed by atoms with van der Waals surface area (Å²) < 4.78 is 0. The van der Waals surface area contributed by atoms with E-state index in [1.54, 1.807) is 19.1 Å². The molecule has 0 spiro atoms. The highest BCUT2D eigenvalue weighted by molar-refractivity contribution is 8.00. The number of aliphatic hydroxyl groups excluding tert-OH is 3. The van der Waals surface area contributed by atoms with Crippen LogP contribution in [0.25, 0.3) is 0 Å². The van der Waals surface area contributed by atoms with Gasteiger partial charge >= 0.3 is 0 Å². The van der Waals surface area contributed by atoms with Crippen molar-refractivity contribution in [2.24, 2.45) is 34.5 Å². The van der Waals surface area contributed by atoms with Gasteiger partial charge in [-0.1, -0.05) is 73.6 Å². The SMILES string of the molecule is C=C(O)C1CCC2C3CCC4=CC(=O)C=CC4(C)C3C(O)CC12C.CC.CC.CC.CC(=O)N1CCSC1(C)C.CO. The van der Waals surface area contributed by atoms with Crippen molar-refractivity contribution in [3.8, 4) is 0 Å². The molecule has 4 aliphatic carbocycles. The lowest BCUT2D eigenvalue weighted by Crippen LogP contribution is -2.55. The fourth-order valence-electron chi connectivity index (χ4n) is 8.14. The molecule has 5 aliphatic rings. The van der Waals surface area contributed by atoms with Crippen molar-refractivity contribution in [2.75, 3.05) is 19.4 Å². The van der Waals surface area contributed by atoms with Gasteiger partial charge in [0.25, 0.3) is 0 Å². The van der Waals surface area contributed by atoms with Gasteiger partial charge in [0.15, 0.2) is 5.78 Å². The Morgan fingerprint density at radius 3 is 2.05 bits per heavy atom. The van der Waals surface area contributed by atoms with E-state index in [1.165, 1.54) is 5.57 Å². The molecule has 3 N–H and O–H groups in total. The van der Waals surface area contributed by atoms with Crippen molar-refractivity contribution in [3.63, 3.8) is 0 Å². The number of thioether (sulfide) groups is 1. The molecule has 7 atom stereocenters. The molecule has 0 radical (unpaired) electrons. The Hall–Kier alpha value is -1.57. The number of fused-ring (bicyclic) bond motifs is 5. The fraction of sp³-hybridized carbons (Fsp3) is 0.771. The molecule has 42 heavy (non-hydrogen) atoms. The quantitative estimate of drug-likeness (QED) is 0.261.